The van der Waals surface area contributed by atoms with Crippen molar-refractivity contribution >= 4 is 17.4 Å². The molecule has 0 bridgehead atoms. The van der Waals surface area contributed by atoms with Crippen LogP contribution in [-0.2, 0) is 11.2 Å². The molecule has 76 valence electrons. The maximum atomic E-state index is 13.0. The fraction of sp³-hybridized carbons (Fsp3) is 0.300. The van der Waals surface area contributed by atoms with Gasteiger partial charge in [-0.15, -0.1) is 0 Å². The summed E-state index contributed by atoms with van der Waals surface area (Å²) >= 11 is 5.59. The van der Waals surface area contributed by atoms with Gasteiger partial charge in [-0.1, -0.05) is 23.7 Å². The molecule has 0 heterocycles. The quantitative estimate of drug-likeness (QED) is 0.762. The van der Waals surface area contributed by atoms with Gasteiger partial charge in [0.1, 0.15) is 0 Å². The van der Waals surface area contributed by atoms with E-state index in [0.29, 0.717) is 10.6 Å². The van der Waals surface area contributed by atoms with Crippen LogP contribution in [0.4, 0.5) is 8.78 Å². The zero-order chi connectivity index (χ0) is 10.8. The fourth-order valence-corrected chi connectivity index (χ4v) is 1.11. The lowest BCUT2D eigenvalue weighted by molar-refractivity contribution is -0.140. The first-order valence-electron chi connectivity index (χ1n) is 4.05. The lowest BCUT2D eigenvalue weighted by atomic mass is 10.1. The maximum Gasteiger partial charge on any atom is 0.308 e. The van der Waals surface area contributed by atoms with Gasteiger partial charge in [-0.05, 0) is 17.7 Å². The SMILES string of the molecule is CC(=O)C(F)(F)Cc1ccc(Cl)cc1. The largest absolute Gasteiger partial charge is 0.308 e. The summed E-state index contributed by atoms with van der Waals surface area (Å²) in [6, 6.07) is 6.01. The van der Waals surface area contributed by atoms with Crippen molar-refractivity contribution in [3.63, 3.8) is 0 Å². The van der Waals surface area contributed by atoms with E-state index in [4.69, 9.17) is 11.6 Å². The van der Waals surface area contributed by atoms with Crippen LogP contribution in [0.1, 0.15) is 12.5 Å². The Kier molecular flexibility index (Phi) is 3.21. The minimum absolute atomic E-state index is 0.398. The van der Waals surface area contributed by atoms with Crippen LogP contribution in [0.3, 0.4) is 0 Å². The first kappa shape index (κ1) is 11.1. The Morgan fingerprint density at radius 2 is 1.86 bits per heavy atom. The number of rotatable bonds is 3. The molecule has 0 radical (unpaired) electrons. The summed E-state index contributed by atoms with van der Waals surface area (Å²) in [5.41, 5.74) is 0.398. The summed E-state index contributed by atoms with van der Waals surface area (Å²) in [5.74, 6) is -4.40. The summed E-state index contributed by atoms with van der Waals surface area (Å²) in [7, 11) is 0. The van der Waals surface area contributed by atoms with Gasteiger partial charge in [0.15, 0.2) is 5.78 Å². The Bertz CT molecular complexity index is 332. The highest BCUT2D eigenvalue weighted by atomic mass is 35.5. The van der Waals surface area contributed by atoms with Crippen LogP contribution in [0, 0.1) is 0 Å². The summed E-state index contributed by atoms with van der Waals surface area (Å²) in [6.45, 7) is 0.885. The molecule has 1 nitrogen and oxygen atoms in total. The van der Waals surface area contributed by atoms with Crippen molar-refractivity contribution in [3.05, 3.63) is 34.9 Å². The molecule has 1 aromatic carbocycles. The summed E-state index contributed by atoms with van der Waals surface area (Å²) in [5, 5.41) is 0.486. The molecule has 0 spiro atoms. The van der Waals surface area contributed by atoms with E-state index in [9.17, 15) is 13.6 Å². The molecule has 0 saturated carbocycles. The molecule has 0 N–H and O–H groups in total. The van der Waals surface area contributed by atoms with E-state index in [-0.39, 0.29) is 0 Å². The van der Waals surface area contributed by atoms with Crippen LogP contribution in [0.15, 0.2) is 24.3 Å². The van der Waals surface area contributed by atoms with Gasteiger partial charge in [-0.3, -0.25) is 4.79 Å². The third-order valence-electron chi connectivity index (χ3n) is 1.85. The Balaban J connectivity index is 2.79. The Morgan fingerprint density at radius 3 is 2.29 bits per heavy atom. The molecule has 0 atom stereocenters. The zero-order valence-corrected chi connectivity index (χ0v) is 8.31. The van der Waals surface area contributed by atoms with Gasteiger partial charge >= 0.3 is 5.92 Å². The molecule has 0 aliphatic heterocycles. The van der Waals surface area contributed by atoms with Crippen LogP contribution in [0.2, 0.25) is 5.02 Å². The summed E-state index contributed by atoms with van der Waals surface area (Å²) in [4.78, 5) is 10.6. The second-order valence-corrected chi connectivity index (χ2v) is 3.50. The molecule has 0 fully saturated rings. The predicted molar refractivity (Wildman–Crippen MR) is 50.8 cm³/mol. The van der Waals surface area contributed by atoms with Crippen molar-refractivity contribution in [2.24, 2.45) is 0 Å². The maximum absolute atomic E-state index is 13.0. The number of hydrogen-bond donors (Lipinski definition) is 0. The van der Waals surface area contributed by atoms with Crippen LogP contribution < -0.4 is 0 Å². The van der Waals surface area contributed by atoms with Crippen molar-refractivity contribution in [2.75, 3.05) is 0 Å². The van der Waals surface area contributed by atoms with Crippen molar-refractivity contribution in [1.82, 2.24) is 0 Å². The number of benzene rings is 1. The molecule has 4 heteroatoms. The topological polar surface area (TPSA) is 17.1 Å². The minimum atomic E-state index is -3.28. The highest BCUT2D eigenvalue weighted by Gasteiger charge is 2.34. The molecular formula is C10H9ClF2O. The molecule has 0 aliphatic rings. The first-order valence-corrected chi connectivity index (χ1v) is 4.43. The summed E-state index contributed by atoms with van der Waals surface area (Å²) in [6.07, 6.45) is -0.570. The van der Waals surface area contributed by atoms with Crippen LogP contribution in [0.5, 0.6) is 0 Å². The number of halogens is 3. The monoisotopic (exact) mass is 218 g/mol. The Morgan fingerprint density at radius 1 is 1.36 bits per heavy atom. The lowest BCUT2D eigenvalue weighted by Crippen LogP contribution is -2.28. The Hall–Kier alpha value is -0.960. The van der Waals surface area contributed by atoms with Gasteiger partial charge in [0.2, 0.25) is 0 Å². The Labute approximate surface area is 85.7 Å². The fourth-order valence-electron chi connectivity index (χ4n) is 0.983. The standard InChI is InChI=1S/C10H9ClF2O/c1-7(14)10(12,13)6-8-2-4-9(11)5-3-8/h2-5H,6H2,1H3. The molecule has 0 aliphatic carbocycles. The van der Waals surface area contributed by atoms with Crippen LogP contribution >= 0.6 is 11.6 Å². The van der Waals surface area contributed by atoms with Crippen LogP contribution in [-0.4, -0.2) is 11.7 Å². The highest BCUT2D eigenvalue weighted by Crippen LogP contribution is 2.22. The third kappa shape index (κ3) is 2.77. The molecule has 1 rings (SSSR count). The second-order valence-electron chi connectivity index (χ2n) is 3.06. The number of hydrogen-bond acceptors (Lipinski definition) is 1. The number of Topliss-reactive ketones (excluding diaryl/α,β-unsaturated/α-hetero) is 1. The molecule has 0 unspecified atom stereocenters. The van der Waals surface area contributed by atoms with Gasteiger partial charge in [0.05, 0.1) is 0 Å². The number of ketones is 1. The van der Waals surface area contributed by atoms with Crippen molar-refractivity contribution in [1.29, 1.82) is 0 Å². The molecular weight excluding hydrogens is 210 g/mol. The molecule has 0 aromatic heterocycles. The van der Waals surface area contributed by atoms with Crippen molar-refractivity contribution in [3.8, 4) is 0 Å². The van der Waals surface area contributed by atoms with Gasteiger partial charge in [0, 0.05) is 18.4 Å². The normalized spacial score (nSPS) is 11.4. The van der Waals surface area contributed by atoms with Gasteiger partial charge in [-0.25, -0.2) is 0 Å². The van der Waals surface area contributed by atoms with E-state index >= 15 is 0 Å². The third-order valence-corrected chi connectivity index (χ3v) is 2.11. The van der Waals surface area contributed by atoms with E-state index in [0.717, 1.165) is 6.92 Å². The first-order chi connectivity index (χ1) is 6.42. The van der Waals surface area contributed by atoms with Gasteiger partial charge < -0.3 is 0 Å². The number of alkyl halides is 2. The van der Waals surface area contributed by atoms with Crippen LogP contribution in [0.25, 0.3) is 0 Å². The second kappa shape index (κ2) is 4.05. The van der Waals surface area contributed by atoms with Gasteiger partial charge in [-0.2, -0.15) is 8.78 Å². The van der Waals surface area contributed by atoms with Gasteiger partial charge in [0.25, 0.3) is 0 Å². The average molecular weight is 219 g/mol. The molecule has 14 heavy (non-hydrogen) atoms. The lowest BCUT2D eigenvalue weighted by Gasteiger charge is -2.12. The number of carbonyl (C=O) groups is 1. The minimum Gasteiger partial charge on any atom is -0.293 e. The molecule has 1 aromatic rings. The predicted octanol–water partition coefficient (Wildman–Crippen LogP) is 3.11. The molecule has 0 amide bonds. The summed E-state index contributed by atoms with van der Waals surface area (Å²) < 4.78 is 25.9. The van der Waals surface area contributed by atoms with Crippen molar-refractivity contribution < 1.29 is 13.6 Å². The van der Waals surface area contributed by atoms with E-state index in [2.05, 4.69) is 0 Å². The zero-order valence-electron chi connectivity index (χ0n) is 7.56. The van der Waals surface area contributed by atoms with Crippen molar-refractivity contribution in [2.45, 2.75) is 19.3 Å². The molecule has 0 saturated heterocycles. The van der Waals surface area contributed by atoms with E-state index < -0.39 is 18.1 Å². The smallest absolute Gasteiger partial charge is 0.293 e. The van der Waals surface area contributed by atoms with E-state index in [1.165, 1.54) is 24.3 Å². The van der Waals surface area contributed by atoms with E-state index in [1.54, 1.807) is 0 Å². The van der Waals surface area contributed by atoms with E-state index in [1.807, 2.05) is 0 Å². The average Bonchev–Trinajstić information content (AvgIpc) is 2.08. The highest BCUT2D eigenvalue weighted by molar-refractivity contribution is 6.30. The number of carbonyl (C=O) groups excluding carboxylic acids is 1.